The van der Waals surface area contributed by atoms with Crippen LogP contribution in [0.1, 0.15) is 23.6 Å². The van der Waals surface area contributed by atoms with Crippen LogP contribution in [-0.4, -0.2) is 63.3 Å². The standard InChI is InChI=1S/C24H27NO7/c1-29-11-5-10-25-21(16-12-18(31-3)14-19(13-16)32-4)20(23(27)24(25)28)22(26)15-6-8-17(30-2)9-7-15/h6-9,12-14,21,26H,5,10-11H2,1-4H3. The molecule has 8 nitrogen and oxygen atoms in total. The third-order valence-electron chi connectivity index (χ3n) is 5.34. The van der Waals surface area contributed by atoms with Crippen molar-refractivity contribution in [3.8, 4) is 17.2 Å². The Kier molecular flexibility index (Phi) is 7.37. The molecular formula is C24H27NO7. The topological polar surface area (TPSA) is 94.5 Å². The number of benzene rings is 2. The van der Waals surface area contributed by atoms with E-state index in [0.29, 0.717) is 41.4 Å². The van der Waals surface area contributed by atoms with Crippen LogP contribution < -0.4 is 14.2 Å². The maximum Gasteiger partial charge on any atom is 0.295 e. The second kappa shape index (κ2) is 10.2. The maximum absolute atomic E-state index is 13.1. The van der Waals surface area contributed by atoms with Crippen molar-refractivity contribution in [2.75, 3.05) is 41.6 Å². The molecule has 170 valence electrons. The van der Waals surface area contributed by atoms with Crippen LogP contribution in [-0.2, 0) is 14.3 Å². The fourth-order valence-corrected chi connectivity index (χ4v) is 3.73. The Morgan fingerprint density at radius 3 is 2.03 bits per heavy atom. The molecule has 0 aliphatic carbocycles. The van der Waals surface area contributed by atoms with Crippen LogP contribution in [0.4, 0.5) is 0 Å². The predicted octanol–water partition coefficient (Wildman–Crippen LogP) is 3.17. The van der Waals surface area contributed by atoms with E-state index in [1.807, 2.05) is 0 Å². The molecular weight excluding hydrogens is 414 g/mol. The normalized spacial score (nSPS) is 17.5. The Morgan fingerprint density at radius 1 is 0.906 bits per heavy atom. The summed E-state index contributed by atoms with van der Waals surface area (Å²) in [5.41, 5.74) is 1.00. The SMILES string of the molecule is COCCCN1C(=O)C(=O)C(=C(O)c2ccc(OC)cc2)C1c1cc(OC)cc(OC)c1. The molecule has 1 atom stereocenters. The van der Waals surface area contributed by atoms with E-state index in [1.165, 1.54) is 26.2 Å². The van der Waals surface area contributed by atoms with Crippen molar-refractivity contribution in [2.24, 2.45) is 0 Å². The van der Waals surface area contributed by atoms with Gasteiger partial charge in [-0.3, -0.25) is 9.59 Å². The maximum atomic E-state index is 13.1. The predicted molar refractivity (Wildman–Crippen MR) is 118 cm³/mol. The Morgan fingerprint density at radius 2 is 1.50 bits per heavy atom. The number of rotatable bonds is 9. The summed E-state index contributed by atoms with van der Waals surface area (Å²) in [4.78, 5) is 27.4. The highest BCUT2D eigenvalue weighted by molar-refractivity contribution is 6.46. The number of ketones is 1. The average Bonchev–Trinajstić information content (AvgIpc) is 3.08. The molecule has 0 saturated carbocycles. The molecule has 2 aromatic carbocycles. The van der Waals surface area contributed by atoms with Crippen molar-refractivity contribution < 1.29 is 33.6 Å². The summed E-state index contributed by atoms with van der Waals surface area (Å²) >= 11 is 0. The second-order valence-electron chi connectivity index (χ2n) is 7.21. The number of Topliss-reactive ketones (excluding diaryl/α,β-unsaturated/α-hetero) is 1. The number of carbonyl (C=O) groups is 2. The molecule has 1 heterocycles. The molecule has 0 radical (unpaired) electrons. The number of amides is 1. The first-order chi connectivity index (χ1) is 15.4. The number of aliphatic hydroxyl groups is 1. The molecule has 1 amide bonds. The van der Waals surface area contributed by atoms with E-state index in [4.69, 9.17) is 18.9 Å². The van der Waals surface area contributed by atoms with Gasteiger partial charge in [0, 0.05) is 31.9 Å². The number of hydrogen-bond acceptors (Lipinski definition) is 7. The lowest BCUT2D eigenvalue weighted by Crippen LogP contribution is -2.31. The number of carbonyl (C=O) groups excluding carboxylic acids is 2. The summed E-state index contributed by atoms with van der Waals surface area (Å²) in [6.07, 6.45) is 0.531. The first-order valence-corrected chi connectivity index (χ1v) is 10.1. The van der Waals surface area contributed by atoms with E-state index in [0.717, 1.165) is 0 Å². The molecule has 1 aliphatic heterocycles. The van der Waals surface area contributed by atoms with Crippen molar-refractivity contribution in [1.29, 1.82) is 0 Å². The average molecular weight is 441 g/mol. The van der Waals surface area contributed by atoms with E-state index in [9.17, 15) is 14.7 Å². The number of methoxy groups -OCH3 is 4. The van der Waals surface area contributed by atoms with Gasteiger partial charge < -0.3 is 29.0 Å². The van der Waals surface area contributed by atoms with Gasteiger partial charge in [0.1, 0.15) is 23.0 Å². The highest BCUT2D eigenvalue weighted by atomic mass is 16.5. The lowest BCUT2D eigenvalue weighted by molar-refractivity contribution is -0.140. The zero-order valence-corrected chi connectivity index (χ0v) is 18.6. The first kappa shape index (κ1) is 23.1. The minimum atomic E-state index is -0.807. The van der Waals surface area contributed by atoms with Crippen molar-refractivity contribution in [1.82, 2.24) is 4.90 Å². The Balaban J connectivity index is 2.16. The second-order valence-corrected chi connectivity index (χ2v) is 7.21. The highest BCUT2D eigenvalue weighted by Crippen LogP contribution is 2.41. The van der Waals surface area contributed by atoms with E-state index < -0.39 is 17.7 Å². The van der Waals surface area contributed by atoms with Crippen LogP contribution in [0.25, 0.3) is 5.76 Å². The molecule has 3 rings (SSSR count). The van der Waals surface area contributed by atoms with E-state index in [-0.39, 0.29) is 17.9 Å². The third-order valence-corrected chi connectivity index (χ3v) is 5.34. The largest absolute Gasteiger partial charge is 0.507 e. The van der Waals surface area contributed by atoms with Gasteiger partial charge in [-0.15, -0.1) is 0 Å². The van der Waals surface area contributed by atoms with Crippen LogP contribution in [0.15, 0.2) is 48.0 Å². The lowest BCUT2D eigenvalue weighted by Gasteiger charge is -2.26. The minimum Gasteiger partial charge on any atom is -0.507 e. The molecule has 32 heavy (non-hydrogen) atoms. The number of likely N-dealkylation sites (tertiary alicyclic amines) is 1. The van der Waals surface area contributed by atoms with Gasteiger partial charge in [0.2, 0.25) is 0 Å². The van der Waals surface area contributed by atoms with Crippen LogP contribution >= 0.6 is 0 Å². The fourth-order valence-electron chi connectivity index (χ4n) is 3.73. The minimum absolute atomic E-state index is 0.00731. The summed E-state index contributed by atoms with van der Waals surface area (Å²) in [5, 5.41) is 11.1. The first-order valence-electron chi connectivity index (χ1n) is 10.1. The molecule has 2 aromatic rings. The van der Waals surface area contributed by atoms with Gasteiger partial charge in [-0.1, -0.05) is 0 Å². The summed E-state index contributed by atoms with van der Waals surface area (Å²) in [5.74, 6) is -0.0642. The molecule has 1 saturated heterocycles. The smallest absolute Gasteiger partial charge is 0.295 e. The van der Waals surface area contributed by atoms with Crippen LogP contribution in [0.5, 0.6) is 17.2 Å². The summed E-state index contributed by atoms with van der Waals surface area (Å²) < 4.78 is 21.0. The molecule has 1 fully saturated rings. The molecule has 8 heteroatoms. The number of ether oxygens (including phenoxy) is 4. The van der Waals surface area contributed by atoms with Gasteiger partial charge in [0.25, 0.3) is 11.7 Å². The highest BCUT2D eigenvalue weighted by Gasteiger charge is 2.46. The number of nitrogens with zero attached hydrogens (tertiary/aromatic N) is 1. The zero-order chi connectivity index (χ0) is 23.3. The Bertz CT molecular complexity index is 991. The van der Waals surface area contributed by atoms with Gasteiger partial charge in [0.05, 0.1) is 32.9 Å². The number of hydrogen-bond donors (Lipinski definition) is 1. The van der Waals surface area contributed by atoms with Crippen LogP contribution in [0.2, 0.25) is 0 Å². The van der Waals surface area contributed by atoms with Gasteiger partial charge in [-0.25, -0.2) is 0 Å². The van der Waals surface area contributed by atoms with Gasteiger partial charge in [-0.2, -0.15) is 0 Å². The van der Waals surface area contributed by atoms with Crippen molar-refractivity contribution in [3.63, 3.8) is 0 Å². The molecule has 0 aromatic heterocycles. The van der Waals surface area contributed by atoms with Crippen molar-refractivity contribution in [3.05, 3.63) is 59.2 Å². The fraction of sp³-hybridized carbons (Fsp3) is 0.333. The molecule has 0 spiro atoms. The Hall–Kier alpha value is -3.52. The summed E-state index contributed by atoms with van der Waals surface area (Å²) in [6, 6.07) is 11.0. The van der Waals surface area contributed by atoms with Crippen LogP contribution in [0.3, 0.4) is 0 Å². The van der Waals surface area contributed by atoms with Crippen molar-refractivity contribution in [2.45, 2.75) is 12.5 Å². The zero-order valence-electron chi connectivity index (χ0n) is 18.6. The monoisotopic (exact) mass is 441 g/mol. The van der Waals surface area contributed by atoms with Gasteiger partial charge in [-0.05, 0) is 48.4 Å². The third kappa shape index (κ3) is 4.55. The summed E-state index contributed by atoms with van der Waals surface area (Å²) in [6.45, 7) is 0.706. The van der Waals surface area contributed by atoms with E-state index >= 15 is 0 Å². The van der Waals surface area contributed by atoms with E-state index in [2.05, 4.69) is 0 Å². The molecule has 1 aliphatic rings. The quantitative estimate of drug-likeness (QED) is 0.276. The summed E-state index contributed by atoms with van der Waals surface area (Å²) in [7, 11) is 6.15. The van der Waals surface area contributed by atoms with Gasteiger partial charge >= 0.3 is 0 Å². The number of aliphatic hydroxyl groups excluding tert-OH is 1. The molecule has 1 unspecified atom stereocenters. The Labute approximate surface area is 187 Å². The van der Waals surface area contributed by atoms with Crippen LogP contribution in [0, 0.1) is 0 Å². The lowest BCUT2D eigenvalue weighted by atomic mass is 9.94. The molecule has 0 bridgehead atoms. The van der Waals surface area contributed by atoms with Crippen molar-refractivity contribution >= 4 is 17.4 Å². The molecule has 1 N–H and O–H groups in total. The van der Waals surface area contributed by atoms with E-state index in [1.54, 1.807) is 49.6 Å². The van der Waals surface area contributed by atoms with Gasteiger partial charge in [0.15, 0.2) is 0 Å².